The third kappa shape index (κ3) is 5.59. The zero-order chi connectivity index (χ0) is 11.1. The lowest BCUT2D eigenvalue weighted by Gasteiger charge is -2.14. The topological polar surface area (TPSA) is 12.0 Å². The summed E-state index contributed by atoms with van der Waals surface area (Å²) in [7, 11) is 0. The first-order valence-corrected chi connectivity index (χ1v) is 7.47. The van der Waals surface area contributed by atoms with Gasteiger partial charge in [0, 0.05) is 29.0 Å². The molecule has 0 spiro atoms. The van der Waals surface area contributed by atoms with Gasteiger partial charge in [-0.1, -0.05) is 26.8 Å². The number of thioether (sulfide) groups is 1. The van der Waals surface area contributed by atoms with Crippen LogP contribution >= 0.6 is 23.1 Å². The van der Waals surface area contributed by atoms with Gasteiger partial charge in [0.2, 0.25) is 0 Å². The number of rotatable bonds is 7. The van der Waals surface area contributed by atoms with Gasteiger partial charge in [-0.15, -0.1) is 11.3 Å². The van der Waals surface area contributed by atoms with E-state index >= 15 is 0 Å². The fourth-order valence-corrected chi connectivity index (χ4v) is 2.83. The molecule has 0 saturated carbocycles. The Morgan fingerprint density at radius 2 is 2.20 bits per heavy atom. The van der Waals surface area contributed by atoms with Gasteiger partial charge in [-0.05, 0) is 17.4 Å². The van der Waals surface area contributed by atoms with E-state index in [9.17, 15) is 0 Å². The maximum atomic E-state index is 3.47. The van der Waals surface area contributed by atoms with Gasteiger partial charge < -0.3 is 5.32 Å². The van der Waals surface area contributed by atoms with Gasteiger partial charge in [0.25, 0.3) is 0 Å². The minimum Gasteiger partial charge on any atom is -0.311 e. The molecule has 0 fully saturated rings. The fourth-order valence-electron chi connectivity index (χ4n) is 1.13. The molecule has 0 aromatic carbocycles. The molecule has 1 aromatic rings. The van der Waals surface area contributed by atoms with Crippen LogP contribution in [0.15, 0.2) is 17.5 Å². The van der Waals surface area contributed by atoms with E-state index in [4.69, 9.17) is 0 Å². The zero-order valence-electron chi connectivity index (χ0n) is 9.82. The van der Waals surface area contributed by atoms with Crippen molar-refractivity contribution in [2.75, 3.05) is 12.3 Å². The number of hydrogen-bond acceptors (Lipinski definition) is 3. The van der Waals surface area contributed by atoms with Gasteiger partial charge in [0.15, 0.2) is 0 Å². The van der Waals surface area contributed by atoms with Gasteiger partial charge in [-0.3, -0.25) is 0 Å². The maximum absolute atomic E-state index is 3.47. The summed E-state index contributed by atoms with van der Waals surface area (Å²) in [4.78, 5) is 1.43. The summed E-state index contributed by atoms with van der Waals surface area (Å²) in [5, 5.41) is 6.38. The Hall–Kier alpha value is 0.01000. The average molecular weight is 243 g/mol. The van der Waals surface area contributed by atoms with E-state index in [-0.39, 0.29) is 0 Å². The second-order valence-electron chi connectivity index (χ2n) is 4.08. The summed E-state index contributed by atoms with van der Waals surface area (Å²) in [6.45, 7) is 9.02. The Labute approximate surface area is 102 Å². The Morgan fingerprint density at radius 3 is 2.80 bits per heavy atom. The van der Waals surface area contributed by atoms with Crippen LogP contribution in [-0.4, -0.2) is 17.5 Å². The Balaban J connectivity index is 1.98. The predicted octanol–water partition coefficient (Wildman–Crippen LogP) is 3.62. The van der Waals surface area contributed by atoms with E-state index < -0.39 is 0 Å². The third-order valence-corrected chi connectivity index (χ3v) is 4.86. The highest BCUT2D eigenvalue weighted by Crippen LogP contribution is 2.17. The summed E-state index contributed by atoms with van der Waals surface area (Å²) in [6, 6.07) is 4.29. The normalized spacial score (nSPS) is 13.3. The van der Waals surface area contributed by atoms with Gasteiger partial charge in [-0.25, -0.2) is 0 Å². The van der Waals surface area contributed by atoms with Crippen molar-refractivity contribution in [2.45, 2.75) is 32.6 Å². The van der Waals surface area contributed by atoms with E-state index in [1.54, 1.807) is 0 Å². The zero-order valence-corrected chi connectivity index (χ0v) is 11.5. The highest BCUT2D eigenvalue weighted by atomic mass is 32.2. The standard InChI is InChI=1S/C12H21NS2/c1-10(2)11(3)14-8-6-13-9-12-5-4-7-15-12/h4-5,7,10-11,13H,6,8-9H2,1-3H3. The quantitative estimate of drug-likeness (QED) is 0.734. The maximum Gasteiger partial charge on any atom is 0.0300 e. The molecule has 1 unspecified atom stereocenters. The lowest BCUT2D eigenvalue weighted by atomic mass is 10.2. The van der Waals surface area contributed by atoms with Crippen LogP contribution in [0.5, 0.6) is 0 Å². The smallest absolute Gasteiger partial charge is 0.0300 e. The molecule has 86 valence electrons. The van der Waals surface area contributed by atoms with Crippen molar-refractivity contribution in [2.24, 2.45) is 5.92 Å². The first kappa shape index (κ1) is 13.1. The molecule has 1 N–H and O–H groups in total. The van der Waals surface area contributed by atoms with Crippen molar-refractivity contribution in [3.8, 4) is 0 Å². The number of hydrogen-bond donors (Lipinski definition) is 1. The fraction of sp³-hybridized carbons (Fsp3) is 0.667. The molecule has 0 aliphatic heterocycles. The summed E-state index contributed by atoms with van der Waals surface area (Å²) >= 11 is 3.89. The third-order valence-electron chi connectivity index (χ3n) is 2.48. The monoisotopic (exact) mass is 243 g/mol. The van der Waals surface area contributed by atoms with Crippen molar-refractivity contribution < 1.29 is 0 Å². The molecule has 0 saturated heterocycles. The lowest BCUT2D eigenvalue weighted by Crippen LogP contribution is -2.18. The van der Waals surface area contributed by atoms with Crippen LogP contribution in [0, 0.1) is 5.92 Å². The molecule has 1 atom stereocenters. The van der Waals surface area contributed by atoms with Gasteiger partial charge in [-0.2, -0.15) is 11.8 Å². The van der Waals surface area contributed by atoms with Gasteiger partial charge in [0.1, 0.15) is 0 Å². The van der Waals surface area contributed by atoms with E-state index in [2.05, 4.69) is 55.4 Å². The van der Waals surface area contributed by atoms with E-state index in [1.165, 1.54) is 10.6 Å². The molecule has 1 nitrogen and oxygen atoms in total. The molecule has 1 rings (SSSR count). The van der Waals surface area contributed by atoms with Crippen LogP contribution in [0.3, 0.4) is 0 Å². The van der Waals surface area contributed by atoms with E-state index in [1.807, 2.05) is 11.3 Å². The Bertz CT molecular complexity index is 244. The van der Waals surface area contributed by atoms with Crippen molar-refractivity contribution in [1.82, 2.24) is 5.32 Å². The average Bonchev–Trinajstić information content (AvgIpc) is 2.69. The predicted molar refractivity (Wildman–Crippen MR) is 72.8 cm³/mol. The molecule has 0 aliphatic carbocycles. The molecule has 1 heterocycles. The molecular weight excluding hydrogens is 222 g/mol. The number of thiophene rings is 1. The minimum absolute atomic E-state index is 0.772. The second kappa shape index (κ2) is 7.31. The molecule has 0 radical (unpaired) electrons. The van der Waals surface area contributed by atoms with Crippen LogP contribution in [0.25, 0.3) is 0 Å². The molecule has 0 bridgehead atoms. The first-order chi connectivity index (χ1) is 7.20. The second-order valence-corrected chi connectivity index (χ2v) is 6.59. The minimum atomic E-state index is 0.772. The highest BCUT2D eigenvalue weighted by molar-refractivity contribution is 7.99. The van der Waals surface area contributed by atoms with Crippen LogP contribution in [0.2, 0.25) is 0 Å². The molecule has 0 amide bonds. The van der Waals surface area contributed by atoms with Crippen molar-refractivity contribution >= 4 is 23.1 Å². The Kier molecular flexibility index (Phi) is 6.37. The Morgan fingerprint density at radius 1 is 1.40 bits per heavy atom. The van der Waals surface area contributed by atoms with Gasteiger partial charge in [0.05, 0.1) is 0 Å². The van der Waals surface area contributed by atoms with Crippen LogP contribution in [0.4, 0.5) is 0 Å². The molecular formula is C12H21NS2. The van der Waals surface area contributed by atoms with E-state index in [0.717, 1.165) is 24.3 Å². The molecule has 15 heavy (non-hydrogen) atoms. The molecule has 3 heteroatoms. The van der Waals surface area contributed by atoms with Gasteiger partial charge >= 0.3 is 0 Å². The molecule has 1 aromatic heterocycles. The lowest BCUT2D eigenvalue weighted by molar-refractivity contribution is 0.640. The summed E-state index contributed by atoms with van der Waals surface area (Å²) in [5.41, 5.74) is 0. The first-order valence-electron chi connectivity index (χ1n) is 5.55. The summed E-state index contributed by atoms with van der Waals surface area (Å²) < 4.78 is 0. The summed E-state index contributed by atoms with van der Waals surface area (Å²) in [6.07, 6.45) is 0. The van der Waals surface area contributed by atoms with Crippen LogP contribution in [-0.2, 0) is 6.54 Å². The molecule has 0 aliphatic rings. The van der Waals surface area contributed by atoms with Crippen molar-refractivity contribution in [3.63, 3.8) is 0 Å². The van der Waals surface area contributed by atoms with Crippen molar-refractivity contribution in [1.29, 1.82) is 0 Å². The largest absolute Gasteiger partial charge is 0.311 e. The van der Waals surface area contributed by atoms with Crippen molar-refractivity contribution in [3.05, 3.63) is 22.4 Å². The van der Waals surface area contributed by atoms with Crippen LogP contribution < -0.4 is 5.32 Å². The highest BCUT2D eigenvalue weighted by Gasteiger charge is 2.06. The van der Waals surface area contributed by atoms with Crippen LogP contribution in [0.1, 0.15) is 25.6 Å². The number of nitrogens with one attached hydrogen (secondary N) is 1. The summed E-state index contributed by atoms with van der Waals surface area (Å²) in [5.74, 6) is 2.00. The van der Waals surface area contributed by atoms with E-state index in [0.29, 0.717) is 0 Å². The SMILES string of the molecule is CC(C)C(C)SCCNCc1cccs1.